The Kier molecular flexibility index (Phi) is 5.35. The van der Waals surface area contributed by atoms with Crippen molar-refractivity contribution in [3.63, 3.8) is 0 Å². The number of alkyl halides is 3. The van der Waals surface area contributed by atoms with Crippen LogP contribution in [-0.4, -0.2) is 20.9 Å². The van der Waals surface area contributed by atoms with E-state index in [0.29, 0.717) is 16.5 Å². The van der Waals surface area contributed by atoms with Crippen molar-refractivity contribution in [1.82, 2.24) is 15.0 Å². The molecule has 4 rings (SSSR count). The molecule has 1 amide bonds. The van der Waals surface area contributed by atoms with Crippen LogP contribution in [0.25, 0.3) is 11.4 Å². The molecule has 10 heteroatoms. The molecule has 3 aromatic rings. The highest BCUT2D eigenvalue weighted by Gasteiger charge is 2.36. The van der Waals surface area contributed by atoms with Gasteiger partial charge in [-0.25, -0.2) is 4.39 Å². The average Bonchev–Trinajstić information content (AvgIpc) is 3.31. The lowest BCUT2D eigenvalue weighted by Crippen LogP contribution is -2.27. The number of amides is 1. The fraction of sp³-hybridized carbons (Fsp3) is 0.250. The molecule has 0 aliphatic carbocycles. The molecule has 0 N–H and O–H groups in total. The minimum Gasteiger partial charge on any atom is -0.337 e. The van der Waals surface area contributed by atoms with Crippen molar-refractivity contribution in [3.05, 3.63) is 69.8 Å². The highest BCUT2D eigenvalue weighted by molar-refractivity contribution is 9.10. The van der Waals surface area contributed by atoms with E-state index in [0.717, 1.165) is 12.1 Å². The molecule has 1 fully saturated rings. The van der Waals surface area contributed by atoms with E-state index in [-0.39, 0.29) is 36.2 Å². The molecule has 0 saturated carbocycles. The van der Waals surface area contributed by atoms with Gasteiger partial charge in [0.1, 0.15) is 11.9 Å². The summed E-state index contributed by atoms with van der Waals surface area (Å²) < 4.78 is 58.9. The van der Waals surface area contributed by atoms with Crippen LogP contribution in [0.2, 0.25) is 0 Å². The van der Waals surface area contributed by atoms with Gasteiger partial charge in [0.25, 0.3) is 0 Å². The number of benzene rings is 2. The summed E-state index contributed by atoms with van der Waals surface area (Å²) in [6.07, 6.45) is -3.88. The van der Waals surface area contributed by atoms with Crippen LogP contribution in [0.1, 0.15) is 35.9 Å². The van der Waals surface area contributed by atoms with Gasteiger partial charge in [-0.05, 0) is 30.7 Å². The SMILES string of the molecule is O=C1CCC(c2nc(-c3cccc(C(F)(F)F)c3)no2)N1Cc1ccc(Br)cc1F. The zero-order chi connectivity index (χ0) is 21.5. The van der Waals surface area contributed by atoms with Crippen molar-refractivity contribution in [3.8, 4) is 11.4 Å². The monoisotopic (exact) mass is 483 g/mol. The van der Waals surface area contributed by atoms with Crippen LogP contribution in [0.4, 0.5) is 17.6 Å². The summed E-state index contributed by atoms with van der Waals surface area (Å²) in [5.41, 5.74) is -0.347. The molecule has 0 spiro atoms. The van der Waals surface area contributed by atoms with E-state index in [1.165, 1.54) is 23.1 Å². The second kappa shape index (κ2) is 7.82. The van der Waals surface area contributed by atoms with Gasteiger partial charge in [0.15, 0.2) is 0 Å². The van der Waals surface area contributed by atoms with Gasteiger partial charge in [-0.2, -0.15) is 18.2 Å². The molecule has 1 saturated heterocycles. The van der Waals surface area contributed by atoms with Crippen molar-refractivity contribution in [2.45, 2.75) is 31.6 Å². The van der Waals surface area contributed by atoms with Gasteiger partial charge in [0.05, 0.1) is 5.56 Å². The van der Waals surface area contributed by atoms with Crippen LogP contribution in [0.15, 0.2) is 51.5 Å². The second-order valence-electron chi connectivity index (χ2n) is 6.85. The number of halogens is 5. The molecule has 2 aromatic carbocycles. The Morgan fingerprint density at radius 3 is 2.73 bits per heavy atom. The molecule has 5 nitrogen and oxygen atoms in total. The zero-order valence-electron chi connectivity index (χ0n) is 15.3. The second-order valence-corrected chi connectivity index (χ2v) is 7.76. The standard InChI is InChI=1S/C20H14BrF4N3O2/c21-14-5-4-12(15(22)9-14)10-28-16(6-7-17(28)29)19-26-18(27-30-19)11-2-1-3-13(8-11)20(23,24)25/h1-5,8-9,16H,6-7,10H2. The van der Waals surface area contributed by atoms with Crippen LogP contribution >= 0.6 is 15.9 Å². The van der Waals surface area contributed by atoms with Crippen LogP contribution in [0, 0.1) is 5.82 Å². The molecule has 30 heavy (non-hydrogen) atoms. The molecule has 1 aromatic heterocycles. The minimum absolute atomic E-state index is 0.00905. The van der Waals surface area contributed by atoms with Crippen LogP contribution < -0.4 is 0 Å². The number of aromatic nitrogens is 2. The molecule has 156 valence electrons. The Morgan fingerprint density at radius 1 is 1.20 bits per heavy atom. The fourth-order valence-corrected chi connectivity index (χ4v) is 3.68. The maximum absolute atomic E-state index is 14.2. The van der Waals surface area contributed by atoms with Crippen molar-refractivity contribution < 1.29 is 26.9 Å². The molecule has 0 bridgehead atoms. The number of rotatable bonds is 4. The smallest absolute Gasteiger partial charge is 0.337 e. The lowest BCUT2D eigenvalue weighted by Gasteiger charge is -2.22. The highest BCUT2D eigenvalue weighted by Crippen LogP contribution is 2.36. The number of hydrogen-bond acceptors (Lipinski definition) is 4. The normalized spacial score (nSPS) is 17.0. The summed E-state index contributed by atoms with van der Waals surface area (Å²) in [5.74, 6) is -0.560. The molecule has 1 aliphatic rings. The lowest BCUT2D eigenvalue weighted by molar-refractivity contribution is -0.137. The summed E-state index contributed by atoms with van der Waals surface area (Å²) >= 11 is 3.19. The summed E-state index contributed by atoms with van der Waals surface area (Å²) in [6, 6.07) is 8.57. The van der Waals surface area contributed by atoms with Gasteiger partial charge < -0.3 is 9.42 Å². The van der Waals surface area contributed by atoms with Crippen LogP contribution in [0.3, 0.4) is 0 Å². The minimum atomic E-state index is -4.49. The number of carbonyl (C=O) groups is 1. The molecule has 1 unspecified atom stereocenters. The predicted octanol–water partition coefficient (Wildman–Crippen LogP) is 5.52. The molecule has 1 atom stereocenters. The quantitative estimate of drug-likeness (QED) is 0.458. The van der Waals surface area contributed by atoms with Gasteiger partial charge in [-0.1, -0.05) is 39.3 Å². The third-order valence-corrected chi connectivity index (χ3v) is 5.35. The lowest BCUT2D eigenvalue weighted by atomic mass is 10.1. The van der Waals surface area contributed by atoms with Crippen LogP contribution in [0.5, 0.6) is 0 Å². The average molecular weight is 484 g/mol. The summed E-state index contributed by atoms with van der Waals surface area (Å²) in [5, 5.41) is 3.78. The van der Waals surface area contributed by atoms with E-state index >= 15 is 0 Å². The number of nitrogens with zero attached hydrogens (tertiary/aromatic N) is 3. The summed E-state index contributed by atoms with van der Waals surface area (Å²) in [4.78, 5) is 18.0. The third kappa shape index (κ3) is 4.09. The van der Waals surface area contributed by atoms with Gasteiger partial charge in [-0.15, -0.1) is 0 Å². The largest absolute Gasteiger partial charge is 0.416 e. The first-order valence-corrected chi connectivity index (χ1v) is 9.76. The maximum Gasteiger partial charge on any atom is 0.416 e. The Labute approximate surface area is 176 Å². The first-order valence-electron chi connectivity index (χ1n) is 8.97. The molecule has 2 heterocycles. The van der Waals surface area contributed by atoms with Crippen molar-refractivity contribution in [2.24, 2.45) is 0 Å². The van der Waals surface area contributed by atoms with Crippen molar-refractivity contribution in [1.29, 1.82) is 0 Å². The molecular formula is C20H14BrF4N3O2. The summed E-state index contributed by atoms with van der Waals surface area (Å²) in [6.45, 7) is 0.0177. The van der Waals surface area contributed by atoms with Gasteiger partial charge in [-0.3, -0.25) is 4.79 Å². The maximum atomic E-state index is 14.2. The molecule has 1 aliphatic heterocycles. The Morgan fingerprint density at radius 2 is 2.00 bits per heavy atom. The zero-order valence-corrected chi connectivity index (χ0v) is 16.9. The molecular weight excluding hydrogens is 470 g/mol. The van der Waals surface area contributed by atoms with E-state index in [1.807, 2.05) is 0 Å². The first kappa shape index (κ1) is 20.5. The van der Waals surface area contributed by atoms with E-state index in [4.69, 9.17) is 4.52 Å². The number of likely N-dealkylation sites (tertiary alicyclic amines) is 1. The van der Waals surface area contributed by atoms with Crippen molar-refractivity contribution in [2.75, 3.05) is 0 Å². The summed E-state index contributed by atoms with van der Waals surface area (Å²) in [7, 11) is 0. The van der Waals surface area contributed by atoms with E-state index in [1.54, 1.807) is 12.1 Å². The fourth-order valence-electron chi connectivity index (χ4n) is 3.34. The van der Waals surface area contributed by atoms with E-state index < -0.39 is 23.6 Å². The molecule has 0 radical (unpaired) electrons. The Balaban J connectivity index is 1.60. The van der Waals surface area contributed by atoms with Gasteiger partial charge >= 0.3 is 6.18 Å². The van der Waals surface area contributed by atoms with Crippen LogP contribution in [-0.2, 0) is 17.5 Å². The highest BCUT2D eigenvalue weighted by atomic mass is 79.9. The number of carbonyl (C=O) groups excluding carboxylic acids is 1. The number of hydrogen-bond donors (Lipinski definition) is 0. The predicted molar refractivity (Wildman–Crippen MR) is 101 cm³/mol. The Bertz CT molecular complexity index is 1100. The Hall–Kier alpha value is -2.75. The first-order chi connectivity index (χ1) is 14.2. The third-order valence-electron chi connectivity index (χ3n) is 4.86. The topological polar surface area (TPSA) is 59.2 Å². The van der Waals surface area contributed by atoms with E-state index in [9.17, 15) is 22.4 Å². The van der Waals surface area contributed by atoms with E-state index in [2.05, 4.69) is 26.1 Å². The van der Waals surface area contributed by atoms with Crippen molar-refractivity contribution >= 4 is 21.8 Å². The van der Waals surface area contributed by atoms with Gasteiger partial charge in [0.2, 0.25) is 17.6 Å². The van der Waals surface area contributed by atoms with Gasteiger partial charge in [0, 0.05) is 28.6 Å².